The van der Waals surface area contributed by atoms with Gasteiger partial charge in [0.2, 0.25) is 0 Å². The van der Waals surface area contributed by atoms with Gasteiger partial charge in [0.15, 0.2) is 0 Å². The molecule has 0 aliphatic carbocycles. The summed E-state index contributed by atoms with van der Waals surface area (Å²) >= 11 is 0. The Bertz CT molecular complexity index is 1650. The molecule has 0 unspecified atom stereocenters. The smallest absolute Gasteiger partial charge is 0.273 e. The number of aromatic nitrogens is 2. The Balaban J connectivity index is 1.53. The van der Waals surface area contributed by atoms with E-state index in [0.717, 1.165) is 71.1 Å². The SMILES string of the molecule is CCOc1ccc(-c2cn3c(C(=O)Nc4ccc(OC)cc4)c(-c4ccc(OC)cc4)c4c3n2CCCC4)cc1. The van der Waals surface area contributed by atoms with Gasteiger partial charge in [0.25, 0.3) is 5.91 Å². The number of nitrogens with one attached hydrogen (secondary N) is 1. The van der Waals surface area contributed by atoms with Crippen LogP contribution in [0.25, 0.3) is 28.0 Å². The molecule has 0 saturated carbocycles. The number of hydrogen-bond acceptors (Lipinski definition) is 4. The third kappa shape index (κ3) is 4.57. The summed E-state index contributed by atoms with van der Waals surface area (Å²) in [6, 6.07) is 23.6. The van der Waals surface area contributed by atoms with Crippen molar-refractivity contribution >= 4 is 17.2 Å². The molecule has 1 aliphatic rings. The molecule has 0 saturated heterocycles. The molecule has 0 fully saturated rings. The van der Waals surface area contributed by atoms with Crippen molar-refractivity contribution in [2.45, 2.75) is 32.7 Å². The number of methoxy groups -OCH3 is 2. The van der Waals surface area contributed by atoms with E-state index in [9.17, 15) is 4.79 Å². The number of benzene rings is 3. The van der Waals surface area contributed by atoms with Gasteiger partial charge in [-0.1, -0.05) is 12.1 Å². The second kappa shape index (κ2) is 10.8. The van der Waals surface area contributed by atoms with E-state index in [1.54, 1.807) is 14.2 Å². The quantitative estimate of drug-likeness (QED) is 0.231. The molecule has 40 heavy (non-hydrogen) atoms. The highest BCUT2D eigenvalue weighted by atomic mass is 16.5. The highest BCUT2D eigenvalue weighted by Gasteiger charge is 2.29. The topological polar surface area (TPSA) is 66.1 Å². The summed E-state index contributed by atoms with van der Waals surface area (Å²) in [5, 5.41) is 3.13. The van der Waals surface area contributed by atoms with Crippen LogP contribution in [0.1, 0.15) is 35.8 Å². The lowest BCUT2D eigenvalue weighted by molar-refractivity contribution is 0.102. The van der Waals surface area contributed by atoms with E-state index >= 15 is 0 Å². The summed E-state index contributed by atoms with van der Waals surface area (Å²) in [5.41, 5.74) is 7.74. The van der Waals surface area contributed by atoms with Crippen LogP contribution < -0.4 is 19.5 Å². The number of aryl methyl sites for hydroxylation is 2. The normalized spacial score (nSPS) is 12.7. The minimum absolute atomic E-state index is 0.159. The molecule has 7 nitrogen and oxygen atoms in total. The van der Waals surface area contributed by atoms with Crippen LogP contribution in [0.2, 0.25) is 0 Å². The van der Waals surface area contributed by atoms with Crippen LogP contribution >= 0.6 is 0 Å². The van der Waals surface area contributed by atoms with Crippen molar-refractivity contribution in [3.8, 4) is 39.6 Å². The first-order chi connectivity index (χ1) is 19.6. The van der Waals surface area contributed by atoms with Gasteiger partial charge in [-0.15, -0.1) is 0 Å². The molecule has 3 aromatic carbocycles. The molecule has 2 aromatic heterocycles. The molecule has 204 valence electrons. The number of anilines is 1. The number of imidazole rings is 1. The van der Waals surface area contributed by atoms with Crippen molar-refractivity contribution in [3.63, 3.8) is 0 Å². The molecule has 6 rings (SSSR count). The monoisotopic (exact) mass is 535 g/mol. The molecular formula is C33H33N3O4. The van der Waals surface area contributed by atoms with Crippen molar-refractivity contribution in [3.05, 3.63) is 90.3 Å². The first-order valence-corrected chi connectivity index (χ1v) is 13.7. The second-order valence-electron chi connectivity index (χ2n) is 9.89. The number of rotatable bonds is 8. The zero-order valence-corrected chi connectivity index (χ0v) is 23.1. The van der Waals surface area contributed by atoms with E-state index in [2.05, 4.69) is 32.6 Å². The van der Waals surface area contributed by atoms with Crippen LogP contribution in [0.4, 0.5) is 5.69 Å². The largest absolute Gasteiger partial charge is 0.497 e. The molecule has 7 heteroatoms. The van der Waals surface area contributed by atoms with Crippen molar-refractivity contribution in [1.82, 2.24) is 8.97 Å². The number of ether oxygens (including phenoxy) is 3. The van der Waals surface area contributed by atoms with Gasteiger partial charge in [-0.25, -0.2) is 0 Å². The fourth-order valence-electron chi connectivity index (χ4n) is 5.66. The number of carbonyl (C=O) groups excluding carboxylic acids is 1. The Morgan fingerprint density at radius 2 is 1.45 bits per heavy atom. The Morgan fingerprint density at radius 1 is 0.825 bits per heavy atom. The minimum atomic E-state index is -0.159. The third-order valence-corrected chi connectivity index (χ3v) is 7.54. The van der Waals surface area contributed by atoms with E-state index in [4.69, 9.17) is 14.2 Å². The van der Waals surface area contributed by atoms with Crippen LogP contribution in [-0.4, -0.2) is 35.7 Å². The van der Waals surface area contributed by atoms with Gasteiger partial charge < -0.3 is 24.1 Å². The molecule has 0 radical (unpaired) electrons. The first kappa shape index (κ1) is 25.6. The maximum Gasteiger partial charge on any atom is 0.273 e. The lowest BCUT2D eigenvalue weighted by atomic mass is 9.97. The first-order valence-electron chi connectivity index (χ1n) is 13.7. The van der Waals surface area contributed by atoms with Crippen LogP contribution in [0.15, 0.2) is 79.0 Å². The van der Waals surface area contributed by atoms with E-state index < -0.39 is 0 Å². The molecule has 0 atom stereocenters. The molecule has 0 spiro atoms. The van der Waals surface area contributed by atoms with Gasteiger partial charge in [-0.05, 0) is 98.0 Å². The Morgan fingerprint density at radius 3 is 2.10 bits per heavy atom. The zero-order chi connectivity index (χ0) is 27.6. The van der Waals surface area contributed by atoms with Gasteiger partial charge in [0, 0.05) is 29.6 Å². The summed E-state index contributed by atoms with van der Waals surface area (Å²) in [5.74, 6) is 2.21. The number of nitrogens with zero attached hydrogens (tertiary/aromatic N) is 2. The predicted octanol–water partition coefficient (Wildman–Crippen LogP) is 7.08. The minimum Gasteiger partial charge on any atom is -0.497 e. The number of amides is 1. The van der Waals surface area contributed by atoms with Gasteiger partial charge in [-0.2, -0.15) is 0 Å². The lowest BCUT2D eigenvalue weighted by Crippen LogP contribution is -2.15. The Labute approximate surface area is 233 Å². The van der Waals surface area contributed by atoms with E-state index in [1.807, 2.05) is 67.6 Å². The summed E-state index contributed by atoms with van der Waals surface area (Å²) in [4.78, 5) is 14.1. The summed E-state index contributed by atoms with van der Waals surface area (Å²) in [6.45, 7) is 3.50. The third-order valence-electron chi connectivity index (χ3n) is 7.54. The van der Waals surface area contributed by atoms with Crippen LogP contribution in [0.5, 0.6) is 17.2 Å². The molecular weight excluding hydrogens is 502 g/mol. The van der Waals surface area contributed by atoms with Crippen molar-refractivity contribution in [2.75, 3.05) is 26.1 Å². The average Bonchev–Trinajstić information content (AvgIpc) is 3.41. The standard InChI is InChI=1S/C33H33N3O4/c1-4-40-27-16-8-22(9-17-27)29-21-36-31(32(37)34-24-12-18-26(39-3)19-13-24)30(23-10-14-25(38-2)15-11-23)28-7-5-6-20-35(29)33(28)36/h8-19,21H,4-7,20H2,1-3H3,(H,34,37). The number of hydrogen-bond donors (Lipinski definition) is 1. The summed E-state index contributed by atoms with van der Waals surface area (Å²) < 4.78 is 20.8. The van der Waals surface area contributed by atoms with E-state index in [0.29, 0.717) is 18.0 Å². The average molecular weight is 536 g/mol. The van der Waals surface area contributed by atoms with Gasteiger partial charge in [-0.3, -0.25) is 9.20 Å². The maximum atomic E-state index is 14.1. The van der Waals surface area contributed by atoms with E-state index in [1.165, 1.54) is 5.56 Å². The molecule has 0 bridgehead atoms. The van der Waals surface area contributed by atoms with Gasteiger partial charge in [0.1, 0.15) is 28.6 Å². The molecule has 5 aromatic rings. The maximum absolute atomic E-state index is 14.1. The zero-order valence-electron chi connectivity index (χ0n) is 23.1. The van der Waals surface area contributed by atoms with Gasteiger partial charge in [0.05, 0.1) is 26.5 Å². The van der Waals surface area contributed by atoms with Crippen LogP contribution in [-0.2, 0) is 13.0 Å². The second-order valence-corrected chi connectivity index (χ2v) is 9.89. The van der Waals surface area contributed by atoms with Crippen LogP contribution in [0, 0.1) is 0 Å². The highest BCUT2D eigenvalue weighted by Crippen LogP contribution is 2.40. The fourth-order valence-corrected chi connectivity index (χ4v) is 5.66. The Kier molecular flexibility index (Phi) is 6.95. The fraction of sp³-hybridized carbons (Fsp3) is 0.242. The van der Waals surface area contributed by atoms with Crippen molar-refractivity contribution in [1.29, 1.82) is 0 Å². The highest BCUT2D eigenvalue weighted by molar-refractivity contribution is 6.10. The Hall–Kier alpha value is -4.65. The summed E-state index contributed by atoms with van der Waals surface area (Å²) in [6.07, 6.45) is 5.12. The molecule has 1 aliphatic heterocycles. The molecule has 1 N–H and O–H groups in total. The molecule has 3 heterocycles. The summed E-state index contributed by atoms with van der Waals surface area (Å²) in [7, 11) is 3.29. The van der Waals surface area contributed by atoms with Crippen molar-refractivity contribution < 1.29 is 19.0 Å². The molecule has 1 amide bonds. The number of carbonyl (C=O) groups is 1. The van der Waals surface area contributed by atoms with Crippen LogP contribution in [0.3, 0.4) is 0 Å². The lowest BCUT2D eigenvalue weighted by Gasteiger charge is -2.11. The van der Waals surface area contributed by atoms with Crippen molar-refractivity contribution in [2.24, 2.45) is 0 Å². The van der Waals surface area contributed by atoms with Gasteiger partial charge >= 0.3 is 0 Å². The van der Waals surface area contributed by atoms with E-state index in [-0.39, 0.29) is 5.91 Å². The predicted molar refractivity (Wildman–Crippen MR) is 158 cm³/mol.